The van der Waals surface area contributed by atoms with Crippen LogP contribution in [0.25, 0.3) is 0 Å². The van der Waals surface area contributed by atoms with E-state index in [-0.39, 0.29) is 19.1 Å². The van der Waals surface area contributed by atoms with Crippen molar-refractivity contribution in [1.82, 2.24) is 0 Å². The van der Waals surface area contributed by atoms with Gasteiger partial charge in [0.05, 0.1) is 0 Å². The molecule has 0 aromatic rings. The van der Waals surface area contributed by atoms with Crippen LogP contribution in [0.3, 0.4) is 0 Å². The van der Waals surface area contributed by atoms with Crippen LogP contribution in [0.5, 0.6) is 0 Å². The van der Waals surface area contributed by atoms with Gasteiger partial charge in [-0.25, -0.2) is 8.78 Å². The van der Waals surface area contributed by atoms with E-state index < -0.39 is 12.0 Å². The largest absolute Gasteiger partial charge is 0.359 e. The molecule has 0 aromatic heterocycles. The van der Waals surface area contributed by atoms with Crippen LogP contribution in [0.1, 0.15) is 58.3 Å². The smallest absolute Gasteiger partial charge is 0.274 e. The zero-order chi connectivity index (χ0) is 13.4. The molecule has 0 spiro atoms. The second-order valence-corrected chi connectivity index (χ2v) is 5.33. The minimum atomic E-state index is -2.67. The molecule has 0 aliphatic heterocycles. The third-order valence-electron chi connectivity index (χ3n) is 3.68. The lowest BCUT2D eigenvalue weighted by atomic mass is 9.99. The van der Waals surface area contributed by atoms with E-state index in [1.54, 1.807) is 0 Å². The molecule has 2 atom stereocenters. The Balaban J connectivity index is 2.20. The molecular formula is C14H26F2O2. The van der Waals surface area contributed by atoms with Gasteiger partial charge in [-0.15, -0.1) is 0 Å². The van der Waals surface area contributed by atoms with Crippen molar-refractivity contribution in [2.45, 2.75) is 70.3 Å². The minimum absolute atomic E-state index is 0.0187. The summed E-state index contributed by atoms with van der Waals surface area (Å²) in [5.74, 6) is -2.56. The monoisotopic (exact) mass is 264 g/mol. The maximum absolute atomic E-state index is 13.6. The maximum Gasteiger partial charge on any atom is 0.274 e. The molecule has 18 heavy (non-hydrogen) atoms. The van der Waals surface area contributed by atoms with Crippen LogP contribution in [-0.4, -0.2) is 25.9 Å². The van der Waals surface area contributed by atoms with Crippen molar-refractivity contribution in [3.8, 4) is 0 Å². The molecule has 0 saturated heterocycles. The highest BCUT2D eigenvalue weighted by Crippen LogP contribution is 2.43. The molecule has 1 saturated carbocycles. The first-order valence-electron chi connectivity index (χ1n) is 7.08. The van der Waals surface area contributed by atoms with Crippen LogP contribution < -0.4 is 0 Å². The van der Waals surface area contributed by atoms with Gasteiger partial charge in [-0.2, -0.15) is 0 Å². The highest BCUT2D eigenvalue weighted by molar-refractivity contribution is 4.90. The third-order valence-corrected chi connectivity index (χ3v) is 3.68. The molecule has 4 heteroatoms. The summed E-state index contributed by atoms with van der Waals surface area (Å²) < 4.78 is 37.0. The van der Waals surface area contributed by atoms with Gasteiger partial charge in [0.15, 0.2) is 0 Å². The normalized spacial score (nSPS) is 26.7. The predicted octanol–water partition coefficient (Wildman–Crippen LogP) is 4.38. The number of halogens is 2. The highest BCUT2D eigenvalue weighted by Gasteiger charge is 2.49. The summed E-state index contributed by atoms with van der Waals surface area (Å²) in [6.07, 6.45) is 6.35. The van der Waals surface area contributed by atoms with E-state index in [9.17, 15) is 8.78 Å². The number of unbranched alkanes of at least 4 members (excludes halogenated alkanes) is 4. The van der Waals surface area contributed by atoms with Crippen molar-refractivity contribution in [3.05, 3.63) is 0 Å². The van der Waals surface area contributed by atoms with Gasteiger partial charge in [-0.1, -0.05) is 45.4 Å². The molecule has 1 fully saturated rings. The summed E-state index contributed by atoms with van der Waals surface area (Å²) in [4.78, 5) is 0. The van der Waals surface area contributed by atoms with Gasteiger partial charge in [-0.3, -0.25) is 0 Å². The molecule has 0 radical (unpaired) electrons. The Bertz CT molecular complexity index is 222. The van der Waals surface area contributed by atoms with E-state index in [1.165, 1.54) is 32.8 Å². The van der Waals surface area contributed by atoms with Gasteiger partial charge in [0, 0.05) is 13.5 Å². The summed E-state index contributed by atoms with van der Waals surface area (Å²) in [5, 5.41) is 0. The Morgan fingerprint density at radius 1 is 1.17 bits per heavy atom. The zero-order valence-electron chi connectivity index (χ0n) is 11.6. The van der Waals surface area contributed by atoms with Gasteiger partial charge in [0.25, 0.3) is 5.92 Å². The first-order valence-corrected chi connectivity index (χ1v) is 7.08. The van der Waals surface area contributed by atoms with Gasteiger partial charge < -0.3 is 9.47 Å². The number of ether oxygens (including phenoxy) is 2. The van der Waals surface area contributed by atoms with Gasteiger partial charge in [-0.05, 0) is 12.3 Å². The minimum Gasteiger partial charge on any atom is -0.359 e. The average molecular weight is 264 g/mol. The fourth-order valence-electron chi connectivity index (χ4n) is 2.67. The van der Waals surface area contributed by atoms with Gasteiger partial charge >= 0.3 is 0 Å². The van der Waals surface area contributed by atoms with Crippen molar-refractivity contribution in [1.29, 1.82) is 0 Å². The first kappa shape index (κ1) is 15.8. The van der Waals surface area contributed by atoms with Crippen LogP contribution in [0.4, 0.5) is 8.78 Å². The molecule has 1 aliphatic carbocycles. The molecule has 0 amide bonds. The Labute approximate surface area is 109 Å². The van der Waals surface area contributed by atoms with Crippen LogP contribution >= 0.6 is 0 Å². The van der Waals surface area contributed by atoms with Gasteiger partial charge in [0.1, 0.15) is 12.9 Å². The van der Waals surface area contributed by atoms with Crippen LogP contribution in [0, 0.1) is 5.92 Å². The Kier molecular flexibility index (Phi) is 7.08. The Hall–Kier alpha value is -0.220. The molecule has 0 heterocycles. The van der Waals surface area contributed by atoms with E-state index in [2.05, 4.69) is 6.92 Å². The van der Waals surface area contributed by atoms with Crippen LogP contribution in [-0.2, 0) is 9.47 Å². The van der Waals surface area contributed by atoms with E-state index in [0.717, 1.165) is 12.8 Å². The number of rotatable bonds is 9. The molecule has 1 aliphatic rings. The SMILES string of the molecule is CCCCCCCC1CC(OCOC)C(F)(F)C1. The zero-order valence-corrected chi connectivity index (χ0v) is 11.6. The van der Waals surface area contributed by atoms with Crippen LogP contribution in [0.15, 0.2) is 0 Å². The molecule has 1 rings (SSSR count). The topological polar surface area (TPSA) is 18.5 Å². The van der Waals surface area contributed by atoms with Crippen LogP contribution in [0.2, 0.25) is 0 Å². The molecule has 0 N–H and O–H groups in total. The summed E-state index contributed by atoms with van der Waals surface area (Å²) >= 11 is 0. The van der Waals surface area contributed by atoms with Crippen molar-refractivity contribution in [2.24, 2.45) is 5.92 Å². The number of methoxy groups -OCH3 is 1. The third kappa shape index (κ3) is 5.19. The first-order chi connectivity index (χ1) is 8.60. The van der Waals surface area contributed by atoms with Crippen molar-refractivity contribution >= 4 is 0 Å². The lowest BCUT2D eigenvalue weighted by molar-refractivity contribution is -0.159. The maximum atomic E-state index is 13.6. The van der Waals surface area contributed by atoms with E-state index >= 15 is 0 Å². The Morgan fingerprint density at radius 2 is 1.89 bits per heavy atom. The molecule has 108 valence electrons. The highest BCUT2D eigenvalue weighted by atomic mass is 19.3. The summed E-state index contributed by atoms with van der Waals surface area (Å²) in [6, 6.07) is 0. The molecule has 0 aromatic carbocycles. The summed E-state index contributed by atoms with van der Waals surface area (Å²) in [6.45, 7) is 2.14. The van der Waals surface area contributed by atoms with E-state index in [1.807, 2.05) is 0 Å². The van der Waals surface area contributed by atoms with Crippen molar-refractivity contribution in [3.63, 3.8) is 0 Å². The molecule has 0 bridgehead atoms. The molecular weight excluding hydrogens is 238 g/mol. The fourth-order valence-corrected chi connectivity index (χ4v) is 2.67. The predicted molar refractivity (Wildman–Crippen MR) is 67.8 cm³/mol. The lowest BCUT2D eigenvalue weighted by Gasteiger charge is -2.18. The van der Waals surface area contributed by atoms with Gasteiger partial charge in [0.2, 0.25) is 0 Å². The average Bonchev–Trinajstić information content (AvgIpc) is 2.61. The second kappa shape index (κ2) is 8.05. The fraction of sp³-hybridized carbons (Fsp3) is 1.00. The van der Waals surface area contributed by atoms with E-state index in [0.29, 0.717) is 6.42 Å². The quantitative estimate of drug-likeness (QED) is 0.454. The van der Waals surface area contributed by atoms with Crippen molar-refractivity contribution < 1.29 is 18.3 Å². The summed E-state index contributed by atoms with van der Waals surface area (Å²) in [5.41, 5.74) is 0. The number of hydrogen-bond donors (Lipinski definition) is 0. The lowest BCUT2D eigenvalue weighted by Crippen LogP contribution is -2.30. The second-order valence-electron chi connectivity index (χ2n) is 5.33. The molecule has 2 nitrogen and oxygen atoms in total. The summed E-state index contributed by atoms with van der Waals surface area (Å²) in [7, 11) is 1.46. The van der Waals surface area contributed by atoms with E-state index in [4.69, 9.17) is 9.47 Å². The van der Waals surface area contributed by atoms with Crippen molar-refractivity contribution in [2.75, 3.05) is 13.9 Å². The number of alkyl halides is 2. The number of hydrogen-bond acceptors (Lipinski definition) is 2. The standard InChI is InChI=1S/C14H26F2O2/c1-3-4-5-6-7-8-12-9-13(18-11-17-2)14(15,16)10-12/h12-13H,3-11H2,1-2H3. The Morgan fingerprint density at radius 3 is 2.56 bits per heavy atom. The molecule has 2 unspecified atom stereocenters.